The van der Waals surface area contributed by atoms with Crippen molar-refractivity contribution in [2.45, 2.75) is 6.54 Å². The second-order valence-electron chi connectivity index (χ2n) is 9.88. The monoisotopic (exact) mass is 578 g/mol. The Bertz CT molecular complexity index is 1830. The van der Waals surface area contributed by atoms with Crippen molar-refractivity contribution in [3.05, 3.63) is 90.9 Å². The predicted molar refractivity (Wildman–Crippen MR) is 160 cm³/mol. The maximum atomic E-state index is 13.0. The van der Waals surface area contributed by atoms with Crippen LogP contribution in [0.5, 0.6) is 0 Å². The Hall–Kier alpha value is -5.30. The molecule has 0 unspecified atom stereocenters. The molecule has 1 saturated heterocycles. The molecule has 0 atom stereocenters. The Morgan fingerprint density at radius 2 is 1.79 bits per heavy atom. The zero-order chi connectivity index (χ0) is 28.5. The summed E-state index contributed by atoms with van der Waals surface area (Å²) in [6, 6.07) is 13.6. The molecule has 0 bridgehead atoms. The molecule has 12 nitrogen and oxygen atoms in total. The molecule has 0 aliphatic carbocycles. The van der Waals surface area contributed by atoms with E-state index in [-0.39, 0.29) is 18.4 Å². The topological polar surface area (TPSA) is 130 Å². The number of piperazine rings is 1. The molecule has 42 heavy (non-hydrogen) atoms. The molecule has 0 saturated carbocycles. The molecule has 1 fully saturated rings. The second-order valence-corrected chi connectivity index (χ2v) is 10.9. The van der Waals surface area contributed by atoms with Crippen LogP contribution in [0.15, 0.2) is 86.0 Å². The molecule has 210 valence electrons. The van der Waals surface area contributed by atoms with E-state index in [1.807, 2.05) is 29.3 Å². The molecule has 5 aromatic heterocycles. The summed E-state index contributed by atoms with van der Waals surface area (Å²) in [5.74, 6) is 1.23. The van der Waals surface area contributed by atoms with E-state index >= 15 is 0 Å². The van der Waals surface area contributed by atoms with Crippen LogP contribution in [0.4, 0.5) is 11.4 Å². The van der Waals surface area contributed by atoms with Crippen LogP contribution < -0.4 is 10.2 Å². The van der Waals surface area contributed by atoms with Gasteiger partial charge in [-0.3, -0.25) is 19.3 Å². The molecule has 0 radical (unpaired) electrons. The zero-order valence-corrected chi connectivity index (χ0v) is 23.2. The molecule has 2 N–H and O–H groups in total. The number of carbonyl (C=O) groups is 2. The van der Waals surface area contributed by atoms with Gasteiger partial charge in [-0.2, -0.15) is 5.10 Å². The molecule has 2 amide bonds. The van der Waals surface area contributed by atoms with Gasteiger partial charge >= 0.3 is 0 Å². The minimum atomic E-state index is -0.217. The van der Waals surface area contributed by atoms with Crippen LogP contribution in [0, 0.1) is 0 Å². The first-order valence-corrected chi connectivity index (χ1v) is 14.3. The van der Waals surface area contributed by atoms with Gasteiger partial charge in [-0.05, 0) is 42.5 Å². The highest BCUT2D eigenvalue weighted by Gasteiger charge is 2.22. The Balaban J connectivity index is 0.925. The summed E-state index contributed by atoms with van der Waals surface area (Å²) in [5.41, 5.74) is 2.72. The number of imidazole rings is 1. The van der Waals surface area contributed by atoms with Gasteiger partial charge in [0.25, 0.3) is 5.91 Å². The number of nitrogens with zero attached hydrogens (tertiary/aromatic N) is 8. The van der Waals surface area contributed by atoms with Gasteiger partial charge < -0.3 is 19.7 Å². The van der Waals surface area contributed by atoms with E-state index in [0.717, 1.165) is 34.6 Å². The van der Waals surface area contributed by atoms with Gasteiger partial charge in [0.1, 0.15) is 17.7 Å². The summed E-state index contributed by atoms with van der Waals surface area (Å²) in [7, 11) is 0. The third-order valence-electron chi connectivity index (χ3n) is 7.22. The first kappa shape index (κ1) is 25.7. The highest BCUT2D eigenvalue weighted by Crippen LogP contribution is 2.29. The van der Waals surface area contributed by atoms with E-state index in [2.05, 4.69) is 47.5 Å². The number of fused-ring (bicyclic) bond motifs is 1. The molecule has 6 heterocycles. The van der Waals surface area contributed by atoms with Crippen LogP contribution in [-0.4, -0.2) is 77.2 Å². The van der Waals surface area contributed by atoms with Gasteiger partial charge in [0.05, 0.1) is 16.0 Å². The summed E-state index contributed by atoms with van der Waals surface area (Å²) in [4.78, 5) is 44.2. The molecule has 6 aromatic rings. The fraction of sp³-hybridized carbons (Fsp3) is 0.172. The number of amides is 2. The predicted octanol–water partition coefficient (Wildman–Crippen LogP) is 3.67. The summed E-state index contributed by atoms with van der Waals surface area (Å²) >= 11 is 1.34. The third-order valence-corrected chi connectivity index (χ3v) is 8.26. The van der Waals surface area contributed by atoms with Crippen LogP contribution in [0.3, 0.4) is 0 Å². The summed E-state index contributed by atoms with van der Waals surface area (Å²) < 4.78 is 3.60. The number of aromatic nitrogens is 7. The summed E-state index contributed by atoms with van der Waals surface area (Å²) in [5, 5.41) is 11.1. The highest BCUT2D eigenvalue weighted by atomic mass is 32.1. The number of aromatic amines is 1. The second kappa shape index (κ2) is 10.9. The number of hydrogen-bond acceptors (Lipinski definition) is 8. The van der Waals surface area contributed by atoms with Gasteiger partial charge in [0, 0.05) is 74.6 Å². The first-order chi connectivity index (χ1) is 20.6. The van der Waals surface area contributed by atoms with Gasteiger partial charge in [-0.1, -0.05) is 0 Å². The van der Waals surface area contributed by atoms with Crippen molar-refractivity contribution in [1.82, 2.24) is 39.2 Å². The third kappa shape index (κ3) is 5.12. The van der Waals surface area contributed by atoms with Crippen molar-refractivity contribution in [1.29, 1.82) is 0 Å². The van der Waals surface area contributed by atoms with Crippen LogP contribution >= 0.6 is 11.3 Å². The van der Waals surface area contributed by atoms with Crippen LogP contribution in [0.2, 0.25) is 0 Å². The quantitative estimate of drug-likeness (QED) is 0.296. The number of rotatable bonds is 7. The number of nitrogens with one attached hydrogen (secondary N) is 2. The van der Waals surface area contributed by atoms with Crippen molar-refractivity contribution in [3.63, 3.8) is 0 Å². The molecule has 1 aliphatic heterocycles. The molecule has 13 heteroatoms. The van der Waals surface area contributed by atoms with Crippen molar-refractivity contribution in [2.75, 3.05) is 36.4 Å². The average Bonchev–Trinajstić information content (AvgIpc) is 3.84. The fourth-order valence-corrected chi connectivity index (χ4v) is 5.93. The summed E-state index contributed by atoms with van der Waals surface area (Å²) in [6.07, 6.45) is 12.2. The molecule has 7 rings (SSSR count). The standard InChI is InChI=1S/C29H26N10O2S/c40-25(38-14-12-37(13-15-38)22-4-2-20(3-5-22)26-31-7-1-8-32-26)18-36-10-6-21(17-36)33-28(41)24-16-23-27(34-35-29(23)42-24)39-11-9-30-19-39/h1-11,16-17,19H,12-15,18H2,(H,33,41)(H,34,35). The molecule has 1 aliphatic rings. The summed E-state index contributed by atoms with van der Waals surface area (Å²) in [6.45, 7) is 3.02. The Morgan fingerprint density at radius 1 is 0.976 bits per heavy atom. The van der Waals surface area contributed by atoms with Gasteiger partial charge in [0.2, 0.25) is 5.91 Å². The fourth-order valence-electron chi connectivity index (χ4n) is 5.04. The first-order valence-electron chi connectivity index (χ1n) is 13.4. The largest absolute Gasteiger partial charge is 0.368 e. The van der Waals surface area contributed by atoms with E-state index in [0.29, 0.717) is 35.3 Å². The lowest BCUT2D eigenvalue weighted by molar-refractivity contribution is -0.132. The van der Waals surface area contributed by atoms with Gasteiger partial charge in [-0.25, -0.2) is 15.0 Å². The highest BCUT2D eigenvalue weighted by molar-refractivity contribution is 7.20. The van der Waals surface area contributed by atoms with Crippen LogP contribution in [0.1, 0.15) is 9.67 Å². The molecule has 0 spiro atoms. The molecular weight excluding hydrogens is 552 g/mol. The minimum absolute atomic E-state index is 0.0479. The van der Waals surface area contributed by atoms with E-state index in [9.17, 15) is 9.59 Å². The van der Waals surface area contributed by atoms with Crippen LogP contribution in [0.25, 0.3) is 27.4 Å². The Labute approximate surface area is 244 Å². The van der Waals surface area contributed by atoms with Crippen molar-refractivity contribution < 1.29 is 9.59 Å². The average molecular weight is 579 g/mol. The number of benzene rings is 1. The minimum Gasteiger partial charge on any atom is -0.368 e. The molecule has 1 aromatic carbocycles. The van der Waals surface area contributed by atoms with E-state index in [1.54, 1.807) is 58.6 Å². The van der Waals surface area contributed by atoms with Gasteiger partial charge in [-0.15, -0.1) is 11.3 Å². The Kier molecular flexibility index (Phi) is 6.68. The van der Waals surface area contributed by atoms with E-state index in [4.69, 9.17) is 0 Å². The number of carbonyl (C=O) groups excluding carboxylic acids is 2. The smallest absolute Gasteiger partial charge is 0.265 e. The zero-order valence-electron chi connectivity index (χ0n) is 22.4. The lowest BCUT2D eigenvalue weighted by Crippen LogP contribution is -2.49. The lowest BCUT2D eigenvalue weighted by Gasteiger charge is -2.36. The maximum absolute atomic E-state index is 13.0. The number of H-pyrrole nitrogens is 1. The number of anilines is 2. The van der Waals surface area contributed by atoms with Gasteiger partial charge in [0.15, 0.2) is 11.6 Å². The van der Waals surface area contributed by atoms with E-state index < -0.39 is 0 Å². The van der Waals surface area contributed by atoms with Crippen molar-refractivity contribution in [2.24, 2.45) is 0 Å². The normalized spacial score (nSPS) is 13.5. The van der Waals surface area contributed by atoms with Crippen molar-refractivity contribution in [3.8, 4) is 17.2 Å². The number of thiophene rings is 1. The van der Waals surface area contributed by atoms with Crippen molar-refractivity contribution >= 4 is 44.7 Å². The SMILES string of the molecule is O=C(Nc1ccn(CC(=O)N2CCN(c3ccc(-c4ncccn4)cc3)CC2)c1)c1cc2c(-n3ccnc3)n[nH]c2s1. The maximum Gasteiger partial charge on any atom is 0.265 e. The lowest BCUT2D eigenvalue weighted by atomic mass is 10.1. The number of hydrogen-bond donors (Lipinski definition) is 2. The molecular formula is C29H26N10O2S. The Morgan fingerprint density at radius 3 is 2.55 bits per heavy atom. The van der Waals surface area contributed by atoms with Crippen LogP contribution in [-0.2, 0) is 11.3 Å². The van der Waals surface area contributed by atoms with E-state index in [1.165, 1.54) is 11.3 Å².